The molecule has 0 spiro atoms. The number of carbonyl (C=O) groups is 1. The highest BCUT2D eigenvalue weighted by Crippen LogP contribution is 2.30. The van der Waals surface area contributed by atoms with E-state index in [1.54, 1.807) is 12.1 Å². The van der Waals surface area contributed by atoms with Crippen LogP contribution in [0.2, 0.25) is 0 Å². The average molecular weight is 392 g/mol. The van der Waals surface area contributed by atoms with Crippen molar-refractivity contribution in [2.45, 2.75) is 31.2 Å². The second kappa shape index (κ2) is 8.77. The van der Waals surface area contributed by atoms with Crippen molar-refractivity contribution in [3.63, 3.8) is 0 Å². The van der Waals surface area contributed by atoms with Crippen LogP contribution in [0.4, 0.5) is 5.69 Å². The molecular formula is C19H24N2O5S. The van der Waals surface area contributed by atoms with Gasteiger partial charge in [0.25, 0.3) is 15.9 Å². The predicted octanol–water partition coefficient (Wildman–Crippen LogP) is 3.03. The van der Waals surface area contributed by atoms with Crippen molar-refractivity contribution in [1.29, 1.82) is 0 Å². The number of ether oxygens (including phenoxy) is 2. The second-order valence-corrected chi connectivity index (χ2v) is 7.66. The van der Waals surface area contributed by atoms with Gasteiger partial charge in [-0.2, -0.15) is 0 Å². The monoisotopic (exact) mass is 392 g/mol. The second-order valence-electron chi connectivity index (χ2n) is 5.98. The van der Waals surface area contributed by atoms with Crippen molar-refractivity contribution in [2.24, 2.45) is 0 Å². The van der Waals surface area contributed by atoms with E-state index in [4.69, 9.17) is 9.47 Å². The fraction of sp³-hybridized carbons (Fsp3) is 0.316. The van der Waals surface area contributed by atoms with Crippen LogP contribution >= 0.6 is 0 Å². The van der Waals surface area contributed by atoms with E-state index in [-0.39, 0.29) is 22.5 Å². The molecule has 0 fully saturated rings. The molecule has 8 heteroatoms. The summed E-state index contributed by atoms with van der Waals surface area (Å²) in [5, 5.41) is 2.84. The van der Waals surface area contributed by atoms with Crippen LogP contribution in [0.3, 0.4) is 0 Å². The molecule has 2 N–H and O–H groups in total. The summed E-state index contributed by atoms with van der Waals surface area (Å²) in [5.74, 6) is 0.616. The van der Waals surface area contributed by atoms with Crippen molar-refractivity contribution >= 4 is 21.6 Å². The van der Waals surface area contributed by atoms with Gasteiger partial charge in [0.15, 0.2) is 0 Å². The standard InChI is InChI=1S/C19H24N2O5S/c1-5-13(2)20-19(22)14-6-9-16(10-7-14)27(23,24)21-17-12-15(25-3)8-11-18(17)26-4/h6-13,21H,5H2,1-4H3,(H,20,22). The molecule has 2 rings (SSSR count). The fourth-order valence-corrected chi connectivity index (χ4v) is 3.35. The minimum Gasteiger partial charge on any atom is -0.497 e. The lowest BCUT2D eigenvalue weighted by molar-refractivity contribution is 0.0939. The largest absolute Gasteiger partial charge is 0.497 e. The van der Waals surface area contributed by atoms with Crippen LogP contribution in [0, 0.1) is 0 Å². The number of methoxy groups -OCH3 is 2. The highest BCUT2D eigenvalue weighted by atomic mass is 32.2. The van der Waals surface area contributed by atoms with Gasteiger partial charge < -0.3 is 14.8 Å². The Hall–Kier alpha value is -2.74. The van der Waals surface area contributed by atoms with Crippen LogP contribution in [0.5, 0.6) is 11.5 Å². The summed E-state index contributed by atoms with van der Waals surface area (Å²) in [6.07, 6.45) is 0.810. The molecule has 0 saturated carbocycles. The quantitative estimate of drug-likeness (QED) is 0.720. The highest BCUT2D eigenvalue weighted by Gasteiger charge is 2.18. The molecule has 1 unspecified atom stereocenters. The van der Waals surface area contributed by atoms with E-state index < -0.39 is 10.0 Å². The van der Waals surface area contributed by atoms with Gasteiger partial charge in [0.05, 0.1) is 24.8 Å². The molecule has 0 bridgehead atoms. The van der Waals surface area contributed by atoms with Crippen molar-refractivity contribution < 1.29 is 22.7 Å². The number of rotatable bonds is 8. The van der Waals surface area contributed by atoms with Gasteiger partial charge in [0.1, 0.15) is 11.5 Å². The number of amides is 1. The first-order valence-corrected chi connectivity index (χ1v) is 9.94. The van der Waals surface area contributed by atoms with E-state index in [9.17, 15) is 13.2 Å². The van der Waals surface area contributed by atoms with E-state index in [1.807, 2.05) is 13.8 Å². The van der Waals surface area contributed by atoms with Crippen LogP contribution in [0.1, 0.15) is 30.6 Å². The number of nitrogens with one attached hydrogen (secondary N) is 2. The predicted molar refractivity (Wildman–Crippen MR) is 104 cm³/mol. The molecule has 0 aliphatic heterocycles. The summed E-state index contributed by atoms with van der Waals surface area (Å²) in [5.41, 5.74) is 0.656. The van der Waals surface area contributed by atoms with Crippen molar-refractivity contribution in [2.75, 3.05) is 18.9 Å². The zero-order valence-electron chi connectivity index (χ0n) is 15.8. The van der Waals surface area contributed by atoms with Gasteiger partial charge in [-0.15, -0.1) is 0 Å². The number of carbonyl (C=O) groups excluding carboxylic acids is 1. The van der Waals surface area contributed by atoms with Crippen molar-refractivity contribution in [3.8, 4) is 11.5 Å². The van der Waals surface area contributed by atoms with E-state index in [1.165, 1.54) is 44.6 Å². The Labute approximate surface area is 159 Å². The van der Waals surface area contributed by atoms with Crippen LogP contribution in [-0.4, -0.2) is 34.6 Å². The van der Waals surface area contributed by atoms with Gasteiger partial charge in [-0.05, 0) is 49.7 Å². The van der Waals surface area contributed by atoms with E-state index >= 15 is 0 Å². The summed E-state index contributed by atoms with van der Waals surface area (Å²) in [6, 6.07) is 10.6. The van der Waals surface area contributed by atoms with Crippen LogP contribution in [0.15, 0.2) is 47.4 Å². The number of hydrogen-bond acceptors (Lipinski definition) is 5. The third-order valence-corrected chi connectivity index (χ3v) is 5.45. The molecule has 0 saturated heterocycles. The fourth-order valence-electron chi connectivity index (χ4n) is 2.29. The first-order chi connectivity index (χ1) is 12.8. The third kappa shape index (κ3) is 5.13. The molecule has 1 atom stereocenters. The SMILES string of the molecule is CCC(C)NC(=O)c1ccc(S(=O)(=O)Nc2cc(OC)ccc2OC)cc1. The van der Waals surface area contributed by atoms with Crippen LogP contribution in [-0.2, 0) is 10.0 Å². The highest BCUT2D eigenvalue weighted by molar-refractivity contribution is 7.92. The van der Waals surface area contributed by atoms with Gasteiger partial charge in [0.2, 0.25) is 0 Å². The molecule has 146 valence electrons. The Kier molecular flexibility index (Phi) is 6.68. The zero-order valence-corrected chi connectivity index (χ0v) is 16.6. The smallest absolute Gasteiger partial charge is 0.262 e. The Morgan fingerprint density at radius 3 is 2.30 bits per heavy atom. The van der Waals surface area contributed by atoms with Gasteiger partial charge in [-0.25, -0.2) is 8.42 Å². The third-order valence-electron chi connectivity index (χ3n) is 4.07. The molecular weight excluding hydrogens is 368 g/mol. The number of hydrogen-bond donors (Lipinski definition) is 2. The maximum absolute atomic E-state index is 12.7. The molecule has 0 aliphatic carbocycles. The summed E-state index contributed by atoms with van der Waals surface area (Å²) in [7, 11) is -0.920. The molecule has 2 aromatic rings. The van der Waals surface area contributed by atoms with Crippen molar-refractivity contribution in [1.82, 2.24) is 5.32 Å². The Balaban J connectivity index is 2.23. The normalized spacial score (nSPS) is 12.1. The summed E-state index contributed by atoms with van der Waals surface area (Å²) >= 11 is 0. The van der Waals surface area contributed by atoms with Crippen LogP contribution < -0.4 is 19.5 Å². The molecule has 2 aromatic carbocycles. The average Bonchev–Trinajstić information content (AvgIpc) is 2.67. The number of sulfonamides is 1. The Bertz CT molecular complexity index is 895. The number of benzene rings is 2. The Morgan fingerprint density at radius 1 is 1.07 bits per heavy atom. The lowest BCUT2D eigenvalue weighted by Gasteiger charge is -2.14. The van der Waals surface area contributed by atoms with Gasteiger partial charge in [0, 0.05) is 17.7 Å². The molecule has 0 aromatic heterocycles. The first kappa shape index (κ1) is 20.6. The van der Waals surface area contributed by atoms with Gasteiger partial charge in [-0.3, -0.25) is 9.52 Å². The molecule has 0 aliphatic rings. The topological polar surface area (TPSA) is 93.7 Å². The maximum Gasteiger partial charge on any atom is 0.262 e. The lowest BCUT2D eigenvalue weighted by atomic mass is 10.2. The molecule has 0 heterocycles. The summed E-state index contributed by atoms with van der Waals surface area (Å²) in [4.78, 5) is 12.1. The van der Waals surface area contributed by atoms with Gasteiger partial charge in [-0.1, -0.05) is 6.92 Å². The number of anilines is 1. The lowest BCUT2D eigenvalue weighted by Crippen LogP contribution is -2.31. The molecule has 27 heavy (non-hydrogen) atoms. The minimum absolute atomic E-state index is 0.0347. The molecule has 0 radical (unpaired) electrons. The summed E-state index contributed by atoms with van der Waals surface area (Å²) in [6.45, 7) is 3.88. The van der Waals surface area contributed by atoms with Crippen LogP contribution in [0.25, 0.3) is 0 Å². The first-order valence-electron chi connectivity index (χ1n) is 8.46. The maximum atomic E-state index is 12.7. The minimum atomic E-state index is -3.86. The van der Waals surface area contributed by atoms with Crippen molar-refractivity contribution in [3.05, 3.63) is 48.0 Å². The van der Waals surface area contributed by atoms with E-state index in [0.717, 1.165) is 6.42 Å². The molecule has 1 amide bonds. The Morgan fingerprint density at radius 2 is 1.74 bits per heavy atom. The zero-order chi connectivity index (χ0) is 20.0. The summed E-state index contributed by atoms with van der Waals surface area (Å²) < 4.78 is 38.1. The van der Waals surface area contributed by atoms with E-state index in [2.05, 4.69) is 10.0 Å². The van der Waals surface area contributed by atoms with E-state index in [0.29, 0.717) is 17.1 Å². The van der Waals surface area contributed by atoms with Gasteiger partial charge >= 0.3 is 0 Å². The molecule has 7 nitrogen and oxygen atoms in total.